The van der Waals surface area contributed by atoms with Crippen LogP contribution in [0.15, 0.2) is 24.3 Å². The van der Waals surface area contributed by atoms with Gasteiger partial charge >= 0.3 is 0 Å². The van der Waals surface area contributed by atoms with Gasteiger partial charge in [0, 0.05) is 13.1 Å². The molecule has 1 amide bonds. The third-order valence-corrected chi connectivity index (χ3v) is 4.73. The molecule has 0 spiro atoms. The van der Waals surface area contributed by atoms with Crippen molar-refractivity contribution < 1.29 is 9.53 Å². The first kappa shape index (κ1) is 14.5. The molecule has 2 N–H and O–H groups in total. The Morgan fingerprint density at radius 2 is 2.14 bits per heavy atom. The van der Waals surface area contributed by atoms with Crippen LogP contribution in [0.4, 0.5) is 0 Å². The van der Waals surface area contributed by atoms with Crippen molar-refractivity contribution in [3.05, 3.63) is 35.4 Å². The molecule has 3 rings (SSSR count). The highest BCUT2D eigenvalue weighted by molar-refractivity contribution is 5.82. The third-order valence-electron chi connectivity index (χ3n) is 4.73. The smallest absolute Gasteiger partial charge is 0.252 e. The minimum absolute atomic E-state index is 0.0541. The van der Waals surface area contributed by atoms with Crippen molar-refractivity contribution in [2.45, 2.75) is 50.9 Å². The standard InChI is InChI=1S/C17H24N2O2/c1-12-5-2-3-6-14(12)15-7-4-10-19(15)17(20)16-9-8-13(11-18)21-16/h2-3,5-6,13,15-16H,4,7-11,18H2,1H3/t13-,15?,16+/m1/s1. The molecule has 2 aliphatic heterocycles. The van der Waals surface area contributed by atoms with Gasteiger partial charge in [0.1, 0.15) is 6.10 Å². The molecule has 4 heteroatoms. The summed E-state index contributed by atoms with van der Waals surface area (Å²) in [5, 5.41) is 0. The molecular weight excluding hydrogens is 264 g/mol. The second-order valence-electron chi connectivity index (χ2n) is 6.11. The first-order chi connectivity index (χ1) is 10.2. The van der Waals surface area contributed by atoms with Crippen LogP contribution in [0.5, 0.6) is 0 Å². The molecule has 21 heavy (non-hydrogen) atoms. The van der Waals surface area contributed by atoms with Crippen molar-refractivity contribution in [3.63, 3.8) is 0 Å². The number of nitrogens with two attached hydrogens (primary N) is 1. The Morgan fingerprint density at radius 1 is 1.33 bits per heavy atom. The Kier molecular flexibility index (Phi) is 4.27. The zero-order valence-corrected chi connectivity index (χ0v) is 12.6. The number of hydrogen-bond donors (Lipinski definition) is 1. The van der Waals surface area contributed by atoms with Crippen molar-refractivity contribution in [2.75, 3.05) is 13.1 Å². The minimum atomic E-state index is -0.289. The van der Waals surface area contributed by atoms with Gasteiger partial charge in [0.2, 0.25) is 0 Å². The lowest BCUT2D eigenvalue weighted by Gasteiger charge is -2.28. The van der Waals surface area contributed by atoms with E-state index in [9.17, 15) is 4.79 Å². The summed E-state index contributed by atoms with van der Waals surface area (Å²) in [4.78, 5) is 14.8. The number of carbonyl (C=O) groups is 1. The van der Waals surface area contributed by atoms with E-state index in [1.807, 2.05) is 11.0 Å². The van der Waals surface area contributed by atoms with Crippen LogP contribution < -0.4 is 5.73 Å². The minimum Gasteiger partial charge on any atom is -0.364 e. The zero-order valence-electron chi connectivity index (χ0n) is 12.6. The number of benzene rings is 1. The summed E-state index contributed by atoms with van der Waals surface area (Å²) < 4.78 is 5.78. The Morgan fingerprint density at radius 3 is 2.86 bits per heavy atom. The summed E-state index contributed by atoms with van der Waals surface area (Å²) in [6, 6.07) is 8.57. The van der Waals surface area contributed by atoms with E-state index in [2.05, 4.69) is 25.1 Å². The lowest BCUT2D eigenvalue weighted by Crippen LogP contribution is -2.39. The second-order valence-corrected chi connectivity index (χ2v) is 6.11. The van der Waals surface area contributed by atoms with Crippen molar-refractivity contribution in [1.82, 2.24) is 4.90 Å². The van der Waals surface area contributed by atoms with Gasteiger partial charge < -0.3 is 15.4 Å². The molecule has 0 radical (unpaired) electrons. The van der Waals surface area contributed by atoms with Gasteiger partial charge in [-0.15, -0.1) is 0 Å². The van der Waals surface area contributed by atoms with Gasteiger partial charge in [-0.3, -0.25) is 4.79 Å². The molecule has 1 unspecified atom stereocenters. The number of carbonyl (C=O) groups excluding carboxylic acids is 1. The van der Waals surface area contributed by atoms with Crippen molar-refractivity contribution in [2.24, 2.45) is 5.73 Å². The molecule has 0 saturated carbocycles. The number of hydrogen-bond acceptors (Lipinski definition) is 3. The Balaban J connectivity index is 1.75. The van der Waals surface area contributed by atoms with Crippen molar-refractivity contribution in [1.29, 1.82) is 0 Å². The van der Waals surface area contributed by atoms with E-state index in [1.54, 1.807) is 0 Å². The largest absolute Gasteiger partial charge is 0.364 e. The molecule has 0 aromatic heterocycles. The Bertz CT molecular complexity index is 517. The summed E-state index contributed by atoms with van der Waals surface area (Å²) in [5.74, 6) is 0.150. The highest BCUT2D eigenvalue weighted by Crippen LogP contribution is 2.35. The van der Waals surface area contributed by atoms with Crippen LogP contribution in [0.1, 0.15) is 42.9 Å². The van der Waals surface area contributed by atoms with Crippen LogP contribution in [-0.2, 0) is 9.53 Å². The average molecular weight is 288 g/mol. The van der Waals surface area contributed by atoms with Crippen molar-refractivity contribution >= 4 is 5.91 Å². The van der Waals surface area contributed by atoms with Gasteiger partial charge in [0.25, 0.3) is 5.91 Å². The number of rotatable bonds is 3. The Hall–Kier alpha value is -1.39. The maximum atomic E-state index is 12.8. The van der Waals surface area contributed by atoms with Gasteiger partial charge in [-0.1, -0.05) is 24.3 Å². The molecule has 0 aliphatic carbocycles. The maximum Gasteiger partial charge on any atom is 0.252 e. The van der Waals surface area contributed by atoms with Gasteiger partial charge in [0.15, 0.2) is 0 Å². The predicted molar refractivity (Wildman–Crippen MR) is 81.8 cm³/mol. The van der Waals surface area contributed by atoms with Crippen LogP contribution >= 0.6 is 0 Å². The van der Waals surface area contributed by atoms with Crippen LogP contribution in [0.2, 0.25) is 0 Å². The molecule has 1 aromatic rings. The second kappa shape index (κ2) is 6.16. The molecule has 2 fully saturated rings. The van der Waals surface area contributed by atoms with Gasteiger partial charge in [0.05, 0.1) is 12.1 Å². The zero-order chi connectivity index (χ0) is 14.8. The van der Waals surface area contributed by atoms with Gasteiger partial charge in [-0.2, -0.15) is 0 Å². The fourth-order valence-corrected chi connectivity index (χ4v) is 3.56. The fraction of sp³-hybridized carbons (Fsp3) is 0.588. The maximum absolute atomic E-state index is 12.8. The molecule has 1 aromatic carbocycles. The predicted octanol–water partition coefficient (Wildman–Crippen LogP) is 2.16. The van der Waals surface area contributed by atoms with E-state index in [4.69, 9.17) is 10.5 Å². The fourth-order valence-electron chi connectivity index (χ4n) is 3.56. The van der Waals surface area contributed by atoms with E-state index in [-0.39, 0.29) is 24.2 Å². The Labute approximate surface area is 126 Å². The summed E-state index contributed by atoms with van der Waals surface area (Å²) >= 11 is 0. The van der Waals surface area contributed by atoms with Crippen LogP contribution in [0.25, 0.3) is 0 Å². The number of nitrogens with zero attached hydrogens (tertiary/aromatic N) is 1. The quantitative estimate of drug-likeness (QED) is 0.927. The number of likely N-dealkylation sites (tertiary alicyclic amines) is 1. The van der Waals surface area contributed by atoms with E-state index in [0.29, 0.717) is 6.54 Å². The molecule has 114 valence electrons. The van der Waals surface area contributed by atoms with Crippen LogP contribution in [-0.4, -0.2) is 36.1 Å². The lowest BCUT2D eigenvalue weighted by atomic mass is 9.99. The summed E-state index contributed by atoms with van der Waals surface area (Å²) in [6.45, 7) is 3.46. The van der Waals surface area contributed by atoms with Gasteiger partial charge in [-0.05, 0) is 43.7 Å². The molecule has 4 nitrogen and oxygen atoms in total. The normalized spacial score (nSPS) is 29.0. The first-order valence-electron chi connectivity index (χ1n) is 7.92. The average Bonchev–Trinajstić information content (AvgIpc) is 3.16. The van der Waals surface area contributed by atoms with E-state index in [1.165, 1.54) is 11.1 Å². The molecule has 0 bridgehead atoms. The molecule has 2 aliphatic rings. The third kappa shape index (κ3) is 2.83. The number of ether oxygens (including phenoxy) is 1. The lowest BCUT2D eigenvalue weighted by molar-refractivity contribution is -0.143. The SMILES string of the molecule is Cc1ccccc1C1CCCN1C(=O)[C@@H]1CC[C@H](CN)O1. The summed E-state index contributed by atoms with van der Waals surface area (Å²) in [5.41, 5.74) is 8.17. The van der Waals surface area contributed by atoms with E-state index < -0.39 is 0 Å². The topological polar surface area (TPSA) is 55.6 Å². The molecule has 2 heterocycles. The molecular formula is C17H24N2O2. The van der Waals surface area contributed by atoms with Crippen molar-refractivity contribution in [3.8, 4) is 0 Å². The summed E-state index contributed by atoms with van der Waals surface area (Å²) in [6.07, 6.45) is 3.58. The van der Waals surface area contributed by atoms with E-state index >= 15 is 0 Å². The van der Waals surface area contributed by atoms with Crippen LogP contribution in [0.3, 0.4) is 0 Å². The monoisotopic (exact) mass is 288 g/mol. The molecule has 3 atom stereocenters. The number of amides is 1. The summed E-state index contributed by atoms with van der Waals surface area (Å²) in [7, 11) is 0. The highest BCUT2D eigenvalue weighted by Gasteiger charge is 2.38. The molecule has 2 saturated heterocycles. The van der Waals surface area contributed by atoms with Crippen LogP contribution in [0, 0.1) is 6.92 Å². The highest BCUT2D eigenvalue weighted by atomic mass is 16.5. The van der Waals surface area contributed by atoms with E-state index in [0.717, 1.165) is 32.2 Å². The first-order valence-corrected chi connectivity index (χ1v) is 7.92. The van der Waals surface area contributed by atoms with Gasteiger partial charge in [-0.25, -0.2) is 0 Å². The number of aryl methyl sites for hydroxylation is 1.